The number of nitrogens with zero attached hydrogens (tertiary/aromatic N) is 1. The van der Waals surface area contributed by atoms with Crippen LogP contribution in [0.25, 0.3) is 0 Å². The molecule has 6 nitrogen and oxygen atoms in total. The minimum Gasteiger partial charge on any atom is -0.354 e. The summed E-state index contributed by atoms with van der Waals surface area (Å²) in [6.07, 6.45) is 5.73. The summed E-state index contributed by atoms with van der Waals surface area (Å²) in [5, 5.41) is 5.20. The Morgan fingerprint density at radius 2 is 1.84 bits per heavy atom. The maximum Gasteiger partial charge on any atom is 0.227 e. The highest BCUT2D eigenvalue weighted by molar-refractivity contribution is 5.98. The number of anilines is 1. The predicted octanol–water partition coefficient (Wildman–Crippen LogP) is 2.43. The average molecular weight is 339 g/mol. The summed E-state index contributed by atoms with van der Waals surface area (Å²) in [6, 6.07) is 11.3. The number of carbonyl (C=O) groups excluding carboxylic acids is 3. The fourth-order valence-corrected chi connectivity index (χ4v) is 3.05. The Morgan fingerprint density at radius 1 is 1.12 bits per heavy atom. The molecular weight excluding hydrogens is 318 g/mol. The summed E-state index contributed by atoms with van der Waals surface area (Å²) in [4.78, 5) is 35.2. The lowest BCUT2D eigenvalue weighted by Gasteiger charge is -2.21. The minimum atomic E-state index is -0.249. The molecule has 0 radical (unpaired) electrons. The van der Waals surface area contributed by atoms with E-state index in [1.807, 2.05) is 53.4 Å². The highest BCUT2D eigenvalue weighted by Crippen LogP contribution is 2.28. The molecule has 2 N–H and O–H groups in total. The van der Waals surface area contributed by atoms with Gasteiger partial charge in [0.15, 0.2) is 0 Å². The molecule has 1 aromatic heterocycles. The fraction of sp³-hybridized carbons (Fsp3) is 0.316. The van der Waals surface area contributed by atoms with Gasteiger partial charge in [-0.15, -0.1) is 0 Å². The Balaban J connectivity index is 1.55. The lowest BCUT2D eigenvalue weighted by atomic mass is 9.89. The first kappa shape index (κ1) is 17.0. The number of rotatable bonds is 6. The van der Waals surface area contributed by atoms with Crippen LogP contribution in [0.1, 0.15) is 37.2 Å². The van der Waals surface area contributed by atoms with Gasteiger partial charge in [-0.1, -0.05) is 12.1 Å². The molecule has 1 aliphatic heterocycles. The molecule has 0 unspecified atom stereocenters. The topological polar surface area (TPSA) is 80.2 Å². The van der Waals surface area contributed by atoms with Crippen molar-refractivity contribution < 1.29 is 14.4 Å². The van der Waals surface area contributed by atoms with Crippen molar-refractivity contribution in [3.8, 4) is 0 Å². The number of carbonyl (C=O) groups is 3. The molecule has 3 rings (SSSR count). The van der Waals surface area contributed by atoms with Crippen LogP contribution < -0.4 is 10.6 Å². The second-order valence-electron chi connectivity index (χ2n) is 6.27. The number of imide groups is 1. The number of hydrogen-bond donors (Lipinski definition) is 2. The molecule has 2 aromatic rings. The van der Waals surface area contributed by atoms with Crippen molar-refractivity contribution in [2.24, 2.45) is 0 Å². The van der Waals surface area contributed by atoms with E-state index < -0.39 is 0 Å². The van der Waals surface area contributed by atoms with Gasteiger partial charge in [-0.2, -0.15) is 0 Å². The van der Waals surface area contributed by atoms with Crippen molar-refractivity contribution in [1.82, 2.24) is 9.88 Å². The molecule has 0 atom stereocenters. The van der Waals surface area contributed by atoms with E-state index in [4.69, 9.17) is 0 Å². The Hall–Kier alpha value is -2.89. The third-order valence-electron chi connectivity index (χ3n) is 4.27. The molecule has 6 heteroatoms. The second-order valence-corrected chi connectivity index (χ2v) is 6.27. The lowest BCUT2D eigenvalue weighted by molar-refractivity contribution is -0.133. The van der Waals surface area contributed by atoms with Crippen LogP contribution in [0.2, 0.25) is 0 Å². The molecule has 1 saturated heterocycles. The highest BCUT2D eigenvalue weighted by Gasteiger charge is 2.26. The van der Waals surface area contributed by atoms with Gasteiger partial charge in [-0.05, 0) is 36.2 Å². The third-order valence-corrected chi connectivity index (χ3v) is 4.27. The standard InChI is InChI=1S/C19H21N3O3/c23-17(7-4-10-22-8-1-2-9-22)20-16-6-3-5-14(11-16)15-12-18(24)21-19(25)13-15/h1-3,5-6,8-9,11,15H,4,7,10,12-13H2,(H,20,23)(H,21,24,25). The quantitative estimate of drug-likeness (QED) is 0.793. The number of nitrogens with one attached hydrogen (secondary N) is 2. The first-order valence-electron chi connectivity index (χ1n) is 8.43. The maximum atomic E-state index is 12.1. The summed E-state index contributed by atoms with van der Waals surface area (Å²) in [6.45, 7) is 0.805. The molecule has 1 aliphatic rings. The molecule has 0 saturated carbocycles. The van der Waals surface area contributed by atoms with Gasteiger partial charge in [0.1, 0.15) is 0 Å². The van der Waals surface area contributed by atoms with E-state index in [-0.39, 0.29) is 23.6 Å². The summed E-state index contributed by atoms with van der Waals surface area (Å²) in [7, 11) is 0. The van der Waals surface area contributed by atoms with Gasteiger partial charge in [0.05, 0.1) is 0 Å². The van der Waals surface area contributed by atoms with Crippen LogP contribution in [0.3, 0.4) is 0 Å². The Bertz CT molecular complexity index is 752. The molecule has 0 bridgehead atoms. The van der Waals surface area contributed by atoms with Gasteiger partial charge in [0.2, 0.25) is 17.7 Å². The molecule has 3 amide bonds. The SMILES string of the molecule is O=C1CC(c2cccc(NC(=O)CCCn3cccc3)c2)CC(=O)N1. The molecule has 25 heavy (non-hydrogen) atoms. The van der Waals surface area contributed by atoms with Crippen molar-refractivity contribution in [3.63, 3.8) is 0 Å². The third kappa shape index (κ3) is 4.79. The Morgan fingerprint density at radius 3 is 2.56 bits per heavy atom. The fourth-order valence-electron chi connectivity index (χ4n) is 3.05. The molecular formula is C19H21N3O3. The summed E-state index contributed by atoms with van der Waals surface area (Å²) < 4.78 is 2.04. The summed E-state index contributed by atoms with van der Waals surface area (Å²) in [5.41, 5.74) is 1.59. The van der Waals surface area contributed by atoms with Crippen LogP contribution in [-0.4, -0.2) is 22.3 Å². The molecule has 1 aromatic carbocycles. The van der Waals surface area contributed by atoms with E-state index in [2.05, 4.69) is 10.6 Å². The predicted molar refractivity (Wildman–Crippen MR) is 93.9 cm³/mol. The maximum absolute atomic E-state index is 12.1. The Labute approximate surface area is 146 Å². The Kier molecular flexibility index (Phi) is 5.28. The number of benzene rings is 1. The smallest absolute Gasteiger partial charge is 0.227 e. The minimum absolute atomic E-state index is 0.0400. The van der Waals surface area contributed by atoms with E-state index >= 15 is 0 Å². The van der Waals surface area contributed by atoms with Gasteiger partial charge in [0.25, 0.3) is 0 Å². The van der Waals surface area contributed by atoms with E-state index in [1.54, 1.807) is 0 Å². The molecule has 0 spiro atoms. The van der Waals surface area contributed by atoms with Gasteiger partial charge in [-0.25, -0.2) is 0 Å². The number of aromatic nitrogens is 1. The molecule has 0 aliphatic carbocycles. The van der Waals surface area contributed by atoms with E-state index in [1.165, 1.54) is 0 Å². The van der Waals surface area contributed by atoms with Crippen LogP contribution in [-0.2, 0) is 20.9 Å². The van der Waals surface area contributed by atoms with Gasteiger partial charge < -0.3 is 9.88 Å². The average Bonchev–Trinajstić information content (AvgIpc) is 3.07. The zero-order valence-corrected chi connectivity index (χ0v) is 13.9. The normalized spacial score (nSPS) is 15.0. The van der Waals surface area contributed by atoms with E-state index in [0.717, 1.165) is 18.5 Å². The highest BCUT2D eigenvalue weighted by atomic mass is 16.2. The van der Waals surface area contributed by atoms with Crippen LogP contribution in [0.4, 0.5) is 5.69 Å². The summed E-state index contributed by atoms with van der Waals surface area (Å²) in [5.74, 6) is -0.671. The van der Waals surface area contributed by atoms with Crippen LogP contribution >= 0.6 is 0 Å². The van der Waals surface area contributed by atoms with Crippen molar-refractivity contribution >= 4 is 23.4 Å². The van der Waals surface area contributed by atoms with Crippen LogP contribution in [0.15, 0.2) is 48.8 Å². The van der Waals surface area contributed by atoms with Crippen molar-refractivity contribution in [2.75, 3.05) is 5.32 Å². The number of aryl methyl sites for hydroxylation is 1. The first-order valence-corrected chi connectivity index (χ1v) is 8.43. The van der Waals surface area contributed by atoms with Gasteiger partial charge in [-0.3, -0.25) is 19.7 Å². The second kappa shape index (κ2) is 7.79. The zero-order valence-electron chi connectivity index (χ0n) is 13.9. The van der Waals surface area contributed by atoms with Crippen molar-refractivity contribution in [3.05, 3.63) is 54.4 Å². The van der Waals surface area contributed by atoms with Gasteiger partial charge >= 0.3 is 0 Å². The number of hydrogen-bond acceptors (Lipinski definition) is 3. The monoisotopic (exact) mass is 339 g/mol. The summed E-state index contributed by atoms with van der Waals surface area (Å²) >= 11 is 0. The van der Waals surface area contributed by atoms with Crippen LogP contribution in [0, 0.1) is 0 Å². The molecule has 130 valence electrons. The van der Waals surface area contributed by atoms with Gasteiger partial charge in [0, 0.05) is 49.8 Å². The van der Waals surface area contributed by atoms with Crippen molar-refractivity contribution in [1.29, 1.82) is 0 Å². The number of piperidine rings is 1. The first-order chi connectivity index (χ1) is 12.1. The van der Waals surface area contributed by atoms with E-state index in [0.29, 0.717) is 24.9 Å². The lowest BCUT2D eigenvalue weighted by Crippen LogP contribution is -2.37. The molecule has 2 heterocycles. The molecule has 1 fully saturated rings. The largest absolute Gasteiger partial charge is 0.354 e. The number of amides is 3. The zero-order chi connectivity index (χ0) is 17.6. The van der Waals surface area contributed by atoms with Crippen LogP contribution in [0.5, 0.6) is 0 Å². The van der Waals surface area contributed by atoms with E-state index in [9.17, 15) is 14.4 Å². The van der Waals surface area contributed by atoms with Crippen molar-refractivity contribution in [2.45, 2.75) is 38.1 Å².